The quantitative estimate of drug-likeness (QED) is 0.294. The number of alkyl halides is 1. The number of hydrogen-bond acceptors (Lipinski definition) is 2. The van der Waals surface area contributed by atoms with Crippen molar-refractivity contribution in [2.24, 2.45) is 0 Å². The van der Waals surface area contributed by atoms with Crippen LogP contribution in [0.3, 0.4) is 0 Å². The molecule has 0 saturated carbocycles. The fourth-order valence-corrected chi connectivity index (χ4v) is 4.48. The van der Waals surface area contributed by atoms with E-state index in [1.807, 2.05) is 0 Å². The molecule has 6 heteroatoms. The summed E-state index contributed by atoms with van der Waals surface area (Å²) in [5, 5.41) is 19.2. The van der Waals surface area contributed by atoms with Crippen molar-refractivity contribution in [3.63, 3.8) is 0 Å². The molecule has 0 fully saturated rings. The Morgan fingerprint density at radius 2 is 1.69 bits per heavy atom. The van der Waals surface area contributed by atoms with Gasteiger partial charge in [-0.05, 0) is 0 Å². The molecule has 0 heterocycles. The normalized spacial score (nSPS) is 11.9. The monoisotopic (exact) mass is 373 g/mol. The van der Waals surface area contributed by atoms with E-state index in [0.717, 1.165) is 3.57 Å². The summed E-state index contributed by atoms with van der Waals surface area (Å²) in [5.74, 6) is 0. The van der Waals surface area contributed by atoms with Crippen molar-refractivity contribution < 1.29 is 31.3 Å². The van der Waals surface area contributed by atoms with Crippen LogP contribution < -0.4 is 26.7 Å². The van der Waals surface area contributed by atoms with Gasteiger partial charge in [-0.2, -0.15) is 0 Å². The van der Waals surface area contributed by atoms with Crippen molar-refractivity contribution in [1.82, 2.24) is 0 Å². The maximum absolute atomic E-state index is 9.16. The average Bonchev–Trinajstić information content (AvgIpc) is 2.07. The first-order valence-electron chi connectivity index (χ1n) is 4.72. The molecular formula is C10H13BCl2IO2-. The van der Waals surface area contributed by atoms with E-state index in [1.165, 1.54) is 0 Å². The topological polar surface area (TPSA) is 40.5 Å². The molecule has 0 aliphatic rings. The molecule has 16 heavy (non-hydrogen) atoms. The molecule has 0 amide bonds. The summed E-state index contributed by atoms with van der Waals surface area (Å²) < 4.78 is 1.18. The zero-order chi connectivity index (χ0) is 12.5. The van der Waals surface area contributed by atoms with E-state index in [0.29, 0.717) is 15.5 Å². The predicted molar refractivity (Wildman–Crippen MR) is 64.7 cm³/mol. The average molecular weight is 374 g/mol. The van der Waals surface area contributed by atoms with Gasteiger partial charge >= 0.3 is 117 Å². The van der Waals surface area contributed by atoms with Crippen LogP contribution in [0.1, 0.15) is 20.8 Å². The molecule has 0 aliphatic heterocycles. The van der Waals surface area contributed by atoms with Gasteiger partial charge in [-0.3, -0.25) is 0 Å². The Morgan fingerprint density at radius 1 is 1.12 bits per heavy atom. The Balaban J connectivity index is 3.15. The van der Waals surface area contributed by atoms with Gasteiger partial charge in [0.2, 0.25) is 0 Å². The van der Waals surface area contributed by atoms with Crippen LogP contribution in [0.4, 0.5) is 0 Å². The molecule has 1 aromatic carbocycles. The Morgan fingerprint density at radius 3 is 2.12 bits per heavy atom. The van der Waals surface area contributed by atoms with Gasteiger partial charge in [0.15, 0.2) is 0 Å². The molecule has 0 spiro atoms. The van der Waals surface area contributed by atoms with Crippen molar-refractivity contribution in [3.05, 3.63) is 25.7 Å². The molecule has 0 aliphatic carbocycles. The fraction of sp³-hybridized carbons (Fsp3) is 0.400. The van der Waals surface area contributed by atoms with Crippen LogP contribution in [0, 0.1) is 3.57 Å². The van der Waals surface area contributed by atoms with E-state index >= 15 is 0 Å². The van der Waals surface area contributed by atoms with Crippen molar-refractivity contribution in [3.8, 4) is 0 Å². The predicted octanol–water partition coefficient (Wildman–Crippen LogP) is -1.27. The summed E-state index contributed by atoms with van der Waals surface area (Å²) in [5.41, 5.74) is 0.324. The van der Waals surface area contributed by atoms with Crippen molar-refractivity contribution >= 4 is 35.8 Å². The fourth-order valence-electron chi connectivity index (χ4n) is 1.11. The Hall–Kier alpha value is 0.515. The van der Waals surface area contributed by atoms with E-state index in [-0.39, 0.29) is 24.6 Å². The van der Waals surface area contributed by atoms with Crippen LogP contribution in [-0.2, 0) is 0 Å². The molecule has 0 bridgehead atoms. The molecule has 2 nitrogen and oxygen atoms in total. The molecule has 2 N–H and O–H groups in total. The minimum atomic E-state index is -1.55. The van der Waals surface area contributed by atoms with Crippen LogP contribution in [0.25, 0.3) is 0 Å². The van der Waals surface area contributed by atoms with E-state index in [2.05, 4.69) is 20.8 Å². The summed E-state index contributed by atoms with van der Waals surface area (Å²) in [6.07, 6.45) is 0. The molecule has 0 aromatic heterocycles. The van der Waals surface area contributed by atoms with Crippen LogP contribution in [0.2, 0.25) is 10.0 Å². The zero-order valence-electron chi connectivity index (χ0n) is 9.26. The second kappa shape index (κ2) is 5.44. The second-order valence-electron chi connectivity index (χ2n) is 4.32. The van der Waals surface area contributed by atoms with E-state index in [9.17, 15) is 0 Å². The third-order valence-electron chi connectivity index (χ3n) is 1.70. The van der Waals surface area contributed by atoms with Gasteiger partial charge in [-0.1, -0.05) is 0 Å². The molecule has 0 saturated heterocycles. The number of benzene rings is 1. The van der Waals surface area contributed by atoms with Gasteiger partial charge in [0.05, 0.1) is 0 Å². The molecular weight excluding hydrogens is 361 g/mol. The summed E-state index contributed by atoms with van der Waals surface area (Å²) in [6, 6.07) is 3.28. The summed E-state index contributed by atoms with van der Waals surface area (Å²) in [4.78, 5) is 0. The van der Waals surface area contributed by atoms with E-state index < -0.39 is 7.12 Å². The van der Waals surface area contributed by atoms with Crippen molar-refractivity contribution in [1.29, 1.82) is 0 Å². The van der Waals surface area contributed by atoms with Gasteiger partial charge in [0, 0.05) is 0 Å². The van der Waals surface area contributed by atoms with Gasteiger partial charge in [-0.25, -0.2) is 0 Å². The maximum atomic E-state index is 9.16. The molecule has 0 atom stereocenters. The molecule has 90 valence electrons. The first-order valence-corrected chi connectivity index (χ1v) is 7.63. The third-order valence-corrected chi connectivity index (χ3v) is 5.75. The van der Waals surface area contributed by atoms with Crippen LogP contribution >= 0.6 is 23.2 Å². The van der Waals surface area contributed by atoms with Gasteiger partial charge in [0.25, 0.3) is 0 Å². The summed E-state index contributed by atoms with van der Waals surface area (Å²) in [6.45, 7) is 6.42. The van der Waals surface area contributed by atoms with Gasteiger partial charge < -0.3 is 0 Å². The standard InChI is InChI=1S/C10H13BCl2IO2/c1-10(2,3)14-9-4-6(11(15)16)7(12)5-8(9)13/h4-5,15-16H,1-3H3/q-1. The SMILES string of the molecule is CC(C)(C)[I-]c1cc(B(O)O)c(Cl)cc1Cl. The Bertz CT molecular complexity index is 391. The van der Waals surface area contributed by atoms with Crippen LogP contribution in [0.5, 0.6) is 0 Å². The molecule has 1 aromatic rings. The number of hydrogen-bond donors (Lipinski definition) is 2. The van der Waals surface area contributed by atoms with E-state index in [4.69, 9.17) is 33.2 Å². The second-order valence-corrected chi connectivity index (χ2v) is 10.1. The van der Waals surface area contributed by atoms with Gasteiger partial charge in [-0.15, -0.1) is 0 Å². The van der Waals surface area contributed by atoms with Crippen LogP contribution in [0.15, 0.2) is 12.1 Å². The first-order chi connectivity index (χ1) is 7.20. The summed E-state index contributed by atoms with van der Waals surface area (Å²) >= 11 is 11.7. The molecule has 0 unspecified atom stereocenters. The zero-order valence-corrected chi connectivity index (χ0v) is 12.9. The number of halogens is 3. The first kappa shape index (κ1) is 14.6. The van der Waals surface area contributed by atoms with Gasteiger partial charge in [0.1, 0.15) is 0 Å². The molecule has 0 radical (unpaired) electrons. The third kappa shape index (κ3) is 4.07. The van der Waals surface area contributed by atoms with Crippen LogP contribution in [-0.4, -0.2) is 20.6 Å². The van der Waals surface area contributed by atoms with Crippen molar-refractivity contribution in [2.75, 3.05) is 0 Å². The Labute approximate surface area is 116 Å². The van der Waals surface area contributed by atoms with E-state index in [1.54, 1.807) is 12.1 Å². The minimum absolute atomic E-state index is 0.189. The van der Waals surface area contributed by atoms with Crippen molar-refractivity contribution in [2.45, 2.75) is 24.2 Å². The Kier molecular flexibility index (Phi) is 4.95. The number of rotatable bonds is 2. The molecule has 1 rings (SSSR count). The summed E-state index contributed by atoms with van der Waals surface area (Å²) in [7, 11) is -1.55.